The first-order chi connectivity index (χ1) is 11.0. The number of rotatable bonds is 5. The van der Waals surface area contributed by atoms with E-state index in [-0.39, 0.29) is 9.83 Å². The van der Waals surface area contributed by atoms with E-state index in [2.05, 4.69) is 11.8 Å². The highest BCUT2D eigenvalue weighted by Gasteiger charge is 2.31. The van der Waals surface area contributed by atoms with Gasteiger partial charge in [-0.1, -0.05) is 34.6 Å². The van der Waals surface area contributed by atoms with E-state index in [1.165, 1.54) is 4.90 Å². The lowest BCUT2D eigenvalue weighted by Crippen LogP contribution is -2.40. The molecule has 1 amide bonds. The van der Waals surface area contributed by atoms with Gasteiger partial charge in [-0.3, -0.25) is 4.79 Å². The van der Waals surface area contributed by atoms with Gasteiger partial charge in [0, 0.05) is 5.70 Å². The summed E-state index contributed by atoms with van der Waals surface area (Å²) in [5, 5.41) is 0. The zero-order valence-electron chi connectivity index (χ0n) is 12.6. The lowest BCUT2D eigenvalue weighted by molar-refractivity contribution is -0.128. The topological polar surface area (TPSA) is 29.5 Å². The average molecular weight is 431 g/mol. The fraction of sp³-hybridized carbons (Fsp3) is 0.353. The predicted molar refractivity (Wildman–Crippen MR) is 93.5 cm³/mol. The van der Waals surface area contributed by atoms with Crippen molar-refractivity contribution in [2.75, 3.05) is 13.2 Å². The van der Waals surface area contributed by atoms with Gasteiger partial charge in [0.25, 0.3) is 6.43 Å². The monoisotopic (exact) mass is 431 g/mol. The molecule has 0 radical (unpaired) electrons. The number of hydrogen-bond acceptors (Lipinski definition) is 2. The van der Waals surface area contributed by atoms with Gasteiger partial charge in [-0.05, 0) is 43.2 Å². The van der Waals surface area contributed by atoms with Gasteiger partial charge in [0.2, 0.25) is 5.91 Å². The van der Waals surface area contributed by atoms with E-state index in [0.29, 0.717) is 24.5 Å². The molecule has 3 nitrogen and oxygen atoms in total. The number of allylic oxidation sites excluding steroid dienone is 1. The van der Waals surface area contributed by atoms with Crippen molar-refractivity contribution < 1.29 is 18.3 Å². The molecule has 0 spiro atoms. The molecule has 1 aromatic rings. The van der Waals surface area contributed by atoms with Gasteiger partial charge in [-0.25, -0.2) is 8.78 Å². The molecule has 0 N–H and O–H groups in total. The quantitative estimate of drug-likeness (QED) is 0.404. The van der Waals surface area contributed by atoms with Crippen molar-refractivity contribution >= 4 is 34.2 Å². The summed E-state index contributed by atoms with van der Waals surface area (Å²) in [4.78, 5) is 13.4. The molecule has 2 rings (SSSR count). The minimum Gasteiger partial charge on any atom is -0.481 e. The van der Waals surface area contributed by atoms with Gasteiger partial charge in [0.05, 0.1) is 10.5 Å². The highest BCUT2D eigenvalue weighted by atomic mass is 127. The first-order valence-corrected chi connectivity index (χ1v) is 8.34. The van der Waals surface area contributed by atoms with Crippen LogP contribution in [0, 0.1) is 11.8 Å². The Bertz CT molecular complexity index is 647. The Hall–Kier alpha value is -1.62. The molecule has 0 bridgehead atoms. The van der Waals surface area contributed by atoms with Crippen molar-refractivity contribution in [3.8, 4) is 17.6 Å². The number of carbonyl (C=O) groups is 1. The van der Waals surface area contributed by atoms with Crippen LogP contribution in [0.5, 0.6) is 5.75 Å². The molecule has 122 valence electrons. The van der Waals surface area contributed by atoms with E-state index in [9.17, 15) is 13.6 Å². The molecule has 0 aliphatic carbocycles. The van der Waals surface area contributed by atoms with Crippen molar-refractivity contribution in [1.29, 1.82) is 0 Å². The van der Waals surface area contributed by atoms with Crippen molar-refractivity contribution in [1.82, 2.24) is 4.90 Å². The summed E-state index contributed by atoms with van der Waals surface area (Å²) in [7, 11) is 0. The summed E-state index contributed by atoms with van der Waals surface area (Å²) in [6.45, 7) is 1.44. The molecular weight excluding hydrogens is 415 g/mol. The minimum atomic E-state index is -2.57. The van der Waals surface area contributed by atoms with Crippen LogP contribution in [-0.2, 0) is 4.79 Å². The lowest BCUT2D eigenvalue weighted by Gasteiger charge is -2.31. The van der Waals surface area contributed by atoms with Gasteiger partial charge in [0.15, 0.2) is 0 Å². The van der Waals surface area contributed by atoms with Gasteiger partial charge in [-0.2, -0.15) is 0 Å². The maximum Gasteiger partial charge on any atom is 0.256 e. The van der Waals surface area contributed by atoms with Crippen molar-refractivity contribution in [3.05, 3.63) is 35.9 Å². The summed E-state index contributed by atoms with van der Waals surface area (Å²) in [5.74, 6) is 5.90. The van der Waals surface area contributed by atoms with Crippen LogP contribution in [0.3, 0.4) is 0 Å². The Labute approximate surface area is 147 Å². The maximum atomic E-state index is 12.8. The van der Waals surface area contributed by atoms with Crippen LogP contribution in [0.4, 0.5) is 8.78 Å². The smallest absolute Gasteiger partial charge is 0.256 e. The molecule has 23 heavy (non-hydrogen) atoms. The van der Waals surface area contributed by atoms with E-state index in [1.807, 2.05) is 28.7 Å². The van der Waals surface area contributed by atoms with Crippen molar-refractivity contribution in [2.24, 2.45) is 0 Å². The Morgan fingerprint density at radius 2 is 2.09 bits per heavy atom. The Morgan fingerprint density at radius 3 is 2.70 bits per heavy atom. The van der Waals surface area contributed by atoms with E-state index in [4.69, 9.17) is 4.74 Å². The number of ether oxygens (including phenoxy) is 1. The van der Waals surface area contributed by atoms with Gasteiger partial charge in [0.1, 0.15) is 12.4 Å². The van der Waals surface area contributed by atoms with Crippen LogP contribution in [0.1, 0.15) is 18.9 Å². The highest BCUT2D eigenvalue weighted by molar-refractivity contribution is 14.1. The molecule has 1 aliphatic rings. The SMILES string of the molecule is CC#CCOc1ccc(C2=CCC(I)C(=O)N2CC(F)F)cc1. The van der Waals surface area contributed by atoms with Gasteiger partial charge >= 0.3 is 0 Å². The third kappa shape index (κ3) is 4.67. The van der Waals surface area contributed by atoms with E-state index in [0.717, 1.165) is 5.56 Å². The molecule has 0 saturated heterocycles. The second-order valence-corrected chi connectivity index (χ2v) is 6.38. The Morgan fingerprint density at radius 1 is 1.39 bits per heavy atom. The molecule has 1 aromatic carbocycles. The average Bonchev–Trinajstić information content (AvgIpc) is 2.53. The molecule has 1 unspecified atom stereocenters. The second kappa shape index (κ2) is 8.29. The summed E-state index contributed by atoms with van der Waals surface area (Å²) < 4.78 is 30.7. The van der Waals surface area contributed by atoms with E-state index in [1.54, 1.807) is 31.2 Å². The minimum absolute atomic E-state index is 0.276. The van der Waals surface area contributed by atoms with Crippen LogP contribution in [0.15, 0.2) is 30.3 Å². The van der Waals surface area contributed by atoms with Crippen LogP contribution in [-0.4, -0.2) is 34.3 Å². The summed E-state index contributed by atoms with van der Waals surface area (Å²) >= 11 is 1.98. The number of halogens is 3. The molecule has 1 aliphatic heterocycles. The summed E-state index contributed by atoms with van der Waals surface area (Å²) in [6, 6.07) is 7.02. The molecule has 0 aromatic heterocycles. The number of nitrogens with zero attached hydrogens (tertiary/aromatic N) is 1. The number of benzene rings is 1. The molecule has 6 heteroatoms. The van der Waals surface area contributed by atoms with Crippen LogP contribution in [0.25, 0.3) is 5.70 Å². The molecule has 0 fully saturated rings. The predicted octanol–water partition coefficient (Wildman–Crippen LogP) is 3.73. The van der Waals surface area contributed by atoms with Gasteiger partial charge in [-0.15, -0.1) is 5.92 Å². The fourth-order valence-corrected chi connectivity index (χ4v) is 2.82. The number of hydrogen-bond donors (Lipinski definition) is 0. The molecular formula is C17H16F2INO2. The standard InChI is InChI=1S/C17H16F2INO2/c1-2-3-10-23-13-6-4-12(5-7-13)15-9-8-14(20)17(22)21(15)11-16(18)19/h4-7,9,14,16H,8,10-11H2,1H3. The Balaban J connectivity index is 2.20. The molecule has 0 saturated carbocycles. The summed E-state index contributed by atoms with van der Waals surface area (Å²) in [5.41, 5.74) is 1.25. The maximum absolute atomic E-state index is 12.8. The third-order valence-corrected chi connectivity index (χ3v) is 4.34. The van der Waals surface area contributed by atoms with E-state index < -0.39 is 13.0 Å². The number of carbonyl (C=O) groups excluding carboxylic acids is 1. The van der Waals surface area contributed by atoms with E-state index >= 15 is 0 Å². The fourth-order valence-electron chi connectivity index (χ4n) is 2.23. The zero-order valence-corrected chi connectivity index (χ0v) is 14.7. The first kappa shape index (κ1) is 17.7. The van der Waals surface area contributed by atoms with Crippen molar-refractivity contribution in [2.45, 2.75) is 23.7 Å². The Kier molecular flexibility index (Phi) is 6.39. The lowest BCUT2D eigenvalue weighted by atomic mass is 10.0. The summed E-state index contributed by atoms with van der Waals surface area (Å²) in [6.07, 6.45) is -0.197. The normalized spacial score (nSPS) is 17.6. The van der Waals surface area contributed by atoms with Gasteiger partial charge < -0.3 is 9.64 Å². The first-order valence-electron chi connectivity index (χ1n) is 7.09. The number of alkyl halides is 3. The third-order valence-electron chi connectivity index (χ3n) is 3.30. The molecule has 1 atom stereocenters. The van der Waals surface area contributed by atoms with Crippen LogP contribution >= 0.6 is 22.6 Å². The van der Waals surface area contributed by atoms with Crippen molar-refractivity contribution in [3.63, 3.8) is 0 Å². The number of amides is 1. The van der Waals surface area contributed by atoms with Crippen LogP contribution in [0.2, 0.25) is 0 Å². The zero-order chi connectivity index (χ0) is 16.8. The second-order valence-electron chi connectivity index (χ2n) is 4.87. The highest BCUT2D eigenvalue weighted by Crippen LogP contribution is 2.30. The van der Waals surface area contributed by atoms with Crippen LogP contribution < -0.4 is 4.74 Å². The largest absolute Gasteiger partial charge is 0.481 e. The molecule has 1 heterocycles.